The minimum absolute atomic E-state index is 0.272. The summed E-state index contributed by atoms with van der Waals surface area (Å²) in [6.07, 6.45) is 6.53. The Morgan fingerprint density at radius 1 is 1.35 bits per heavy atom. The standard InChI is InChI=1S/C16H23ClN4O2/c17-13-9-18-14(19-13)11-1-4-20(5-2-11)12-7-16(8-12)3-6-21(10-16)15(22)23/h9,11-12H,1-8,10H2,(H,18,19)(H,22,23). The van der Waals surface area contributed by atoms with Crippen molar-refractivity contribution in [3.8, 4) is 0 Å². The number of hydrogen-bond donors (Lipinski definition) is 2. The number of carboxylic acid groups (broad SMARTS) is 1. The molecule has 3 fully saturated rings. The number of aromatic amines is 1. The van der Waals surface area contributed by atoms with E-state index in [1.165, 1.54) is 0 Å². The Morgan fingerprint density at radius 2 is 2.09 bits per heavy atom. The first-order valence-corrected chi connectivity index (χ1v) is 8.85. The molecule has 1 amide bonds. The molecule has 23 heavy (non-hydrogen) atoms. The second-order valence-corrected chi connectivity index (χ2v) is 7.85. The number of H-pyrrole nitrogens is 1. The second kappa shape index (κ2) is 5.67. The van der Waals surface area contributed by atoms with E-state index in [-0.39, 0.29) is 5.41 Å². The van der Waals surface area contributed by atoms with Crippen LogP contribution in [0.25, 0.3) is 0 Å². The highest BCUT2D eigenvalue weighted by Crippen LogP contribution is 2.50. The average Bonchev–Trinajstić information content (AvgIpc) is 3.12. The number of nitrogens with one attached hydrogen (secondary N) is 1. The number of carbonyl (C=O) groups is 1. The molecule has 3 heterocycles. The number of amides is 1. The van der Waals surface area contributed by atoms with Crippen LogP contribution in [0.3, 0.4) is 0 Å². The van der Waals surface area contributed by atoms with Crippen molar-refractivity contribution in [1.82, 2.24) is 19.8 Å². The number of aromatic nitrogens is 2. The molecule has 7 heteroatoms. The van der Waals surface area contributed by atoms with Crippen molar-refractivity contribution in [2.45, 2.75) is 44.1 Å². The van der Waals surface area contributed by atoms with Crippen LogP contribution in [0.5, 0.6) is 0 Å². The largest absolute Gasteiger partial charge is 0.465 e. The zero-order valence-corrected chi connectivity index (χ0v) is 13.9. The normalized spacial score (nSPS) is 32.4. The first-order chi connectivity index (χ1) is 11.0. The van der Waals surface area contributed by atoms with E-state index in [1.54, 1.807) is 11.1 Å². The van der Waals surface area contributed by atoms with Crippen LogP contribution < -0.4 is 0 Å². The van der Waals surface area contributed by atoms with Crippen molar-refractivity contribution in [2.75, 3.05) is 26.2 Å². The van der Waals surface area contributed by atoms with E-state index in [2.05, 4.69) is 14.9 Å². The lowest BCUT2D eigenvalue weighted by Gasteiger charge is -2.51. The van der Waals surface area contributed by atoms with Gasteiger partial charge in [-0.25, -0.2) is 9.78 Å². The second-order valence-electron chi connectivity index (χ2n) is 7.44. The fraction of sp³-hybridized carbons (Fsp3) is 0.750. The maximum Gasteiger partial charge on any atom is 0.407 e. The molecule has 4 rings (SSSR count). The molecular weight excluding hydrogens is 316 g/mol. The van der Waals surface area contributed by atoms with Crippen LogP contribution >= 0.6 is 11.6 Å². The van der Waals surface area contributed by atoms with Crippen LogP contribution in [0.2, 0.25) is 5.15 Å². The fourth-order valence-corrected chi connectivity index (χ4v) is 4.83. The summed E-state index contributed by atoms with van der Waals surface area (Å²) in [5.41, 5.74) is 0.272. The molecule has 0 bridgehead atoms. The van der Waals surface area contributed by atoms with Crippen LogP contribution in [0, 0.1) is 5.41 Å². The third-order valence-corrected chi connectivity index (χ3v) is 6.24. The van der Waals surface area contributed by atoms with Gasteiger partial charge < -0.3 is 19.9 Å². The molecule has 2 N–H and O–H groups in total. The zero-order chi connectivity index (χ0) is 16.0. The Balaban J connectivity index is 1.27. The molecule has 2 saturated heterocycles. The lowest BCUT2D eigenvalue weighted by molar-refractivity contribution is -0.00417. The number of hydrogen-bond acceptors (Lipinski definition) is 3. The number of halogens is 1. The van der Waals surface area contributed by atoms with Gasteiger partial charge in [-0.1, -0.05) is 11.6 Å². The van der Waals surface area contributed by atoms with Crippen molar-refractivity contribution in [3.05, 3.63) is 17.2 Å². The molecule has 1 aliphatic carbocycles. The lowest BCUT2D eigenvalue weighted by atomic mass is 9.64. The van der Waals surface area contributed by atoms with Gasteiger partial charge in [0.05, 0.1) is 6.20 Å². The highest BCUT2D eigenvalue weighted by molar-refractivity contribution is 6.29. The number of rotatable bonds is 2. The first kappa shape index (κ1) is 15.3. The van der Waals surface area contributed by atoms with Crippen LogP contribution in [-0.4, -0.2) is 63.2 Å². The molecule has 0 aromatic carbocycles. The Hall–Kier alpha value is -1.27. The lowest BCUT2D eigenvalue weighted by Crippen LogP contribution is -2.54. The Morgan fingerprint density at radius 3 is 2.65 bits per heavy atom. The van der Waals surface area contributed by atoms with E-state index >= 15 is 0 Å². The Bertz CT molecular complexity index is 591. The smallest absolute Gasteiger partial charge is 0.407 e. The SMILES string of the molecule is O=C(O)N1CCC2(CC(N3CCC(c4ncc(Cl)[nH]4)CC3)C2)C1. The maximum absolute atomic E-state index is 11.1. The van der Waals surface area contributed by atoms with Gasteiger partial charge in [-0.3, -0.25) is 0 Å². The Kier molecular flexibility index (Phi) is 3.76. The molecule has 1 aromatic rings. The van der Waals surface area contributed by atoms with E-state index in [0.717, 1.165) is 57.6 Å². The van der Waals surface area contributed by atoms with Gasteiger partial charge in [0.1, 0.15) is 11.0 Å². The summed E-state index contributed by atoms with van der Waals surface area (Å²) < 4.78 is 0. The van der Waals surface area contributed by atoms with E-state index in [0.29, 0.717) is 23.7 Å². The first-order valence-electron chi connectivity index (χ1n) is 8.47. The average molecular weight is 339 g/mol. The van der Waals surface area contributed by atoms with Crippen LogP contribution in [-0.2, 0) is 0 Å². The van der Waals surface area contributed by atoms with Gasteiger partial charge in [-0.15, -0.1) is 0 Å². The molecule has 2 aliphatic heterocycles. The van der Waals surface area contributed by atoms with Gasteiger partial charge in [0, 0.05) is 25.0 Å². The molecule has 1 aromatic heterocycles. The molecule has 1 saturated carbocycles. The predicted octanol–water partition coefficient (Wildman–Crippen LogP) is 2.78. The van der Waals surface area contributed by atoms with Gasteiger partial charge in [-0.2, -0.15) is 0 Å². The Labute approximate surface area is 140 Å². The van der Waals surface area contributed by atoms with E-state index in [9.17, 15) is 4.79 Å². The monoisotopic (exact) mass is 338 g/mol. The van der Waals surface area contributed by atoms with Crippen molar-refractivity contribution in [2.24, 2.45) is 5.41 Å². The van der Waals surface area contributed by atoms with E-state index in [1.807, 2.05) is 0 Å². The summed E-state index contributed by atoms with van der Waals surface area (Å²) >= 11 is 5.92. The third-order valence-electron chi connectivity index (χ3n) is 6.04. The van der Waals surface area contributed by atoms with Crippen molar-refractivity contribution in [1.29, 1.82) is 0 Å². The van der Waals surface area contributed by atoms with E-state index < -0.39 is 6.09 Å². The van der Waals surface area contributed by atoms with Gasteiger partial charge in [-0.05, 0) is 50.6 Å². The minimum Gasteiger partial charge on any atom is -0.465 e. The summed E-state index contributed by atoms with van der Waals surface area (Å²) in [6, 6.07) is 0.643. The summed E-state index contributed by atoms with van der Waals surface area (Å²) in [4.78, 5) is 22.8. The van der Waals surface area contributed by atoms with Gasteiger partial charge in [0.25, 0.3) is 0 Å². The molecule has 0 radical (unpaired) electrons. The molecule has 1 spiro atoms. The third kappa shape index (κ3) is 2.83. The van der Waals surface area contributed by atoms with E-state index in [4.69, 9.17) is 16.7 Å². The molecule has 126 valence electrons. The summed E-state index contributed by atoms with van der Waals surface area (Å²) in [5, 5.41) is 9.73. The summed E-state index contributed by atoms with van der Waals surface area (Å²) in [5.74, 6) is 1.51. The van der Waals surface area contributed by atoms with Gasteiger partial charge in [0.15, 0.2) is 0 Å². The van der Waals surface area contributed by atoms with Crippen molar-refractivity contribution < 1.29 is 9.90 Å². The van der Waals surface area contributed by atoms with Crippen LogP contribution in [0.4, 0.5) is 4.79 Å². The fourth-order valence-electron chi connectivity index (χ4n) is 4.69. The number of imidazole rings is 1. The highest BCUT2D eigenvalue weighted by Gasteiger charge is 2.51. The zero-order valence-electron chi connectivity index (χ0n) is 13.2. The number of piperidine rings is 1. The molecule has 3 aliphatic rings. The molecule has 0 atom stereocenters. The highest BCUT2D eigenvalue weighted by atomic mass is 35.5. The predicted molar refractivity (Wildman–Crippen MR) is 86.8 cm³/mol. The molecular formula is C16H23ClN4O2. The van der Waals surface area contributed by atoms with Crippen molar-refractivity contribution in [3.63, 3.8) is 0 Å². The number of nitrogens with zero attached hydrogens (tertiary/aromatic N) is 3. The van der Waals surface area contributed by atoms with Gasteiger partial charge in [0.2, 0.25) is 0 Å². The van der Waals surface area contributed by atoms with Gasteiger partial charge >= 0.3 is 6.09 Å². The molecule has 6 nitrogen and oxygen atoms in total. The minimum atomic E-state index is -0.761. The molecule has 0 unspecified atom stereocenters. The summed E-state index contributed by atoms with van der Waals surface area (Å²) in [7, 11) is 0. The quantitative estimate of drug-likeness (QED) is 0.869. The topological polar surface area (TPSA) is 72.5 Å². The summed E-state index contributed by atoms with van der Waals surface area (Å²) in [6.45, 7) is 3.66. The van der Waals surface area contributed by atoms with Crippen LogP contribution in [0.15, 0.2) is 6.20 Å². The number of likely N-dealkylation sites (tertiary alicyclic amines) is 2. The van der Waals surface area contributed by atoms with Crippen molar-refractivity contribution >= 4 is 17.7 Å². The maximum atomic E-state index is 11.1. The van der Waals surface area contributed by atoms with Crippen LogP contribution in [0.1, 0.15) is 43.8 Å².